The van der Waals surface area contributed by atoms with Crippen molar-refractivity contribution in [2.75, 3.05) is 26.2 Å². The molecule has 1 saturated heterocycles. The first-order chi connectivity index (χ1) is 12.7. The Morgan fingerprint density at radius 2 is 1.85 bits per heavy atom. The second-order valence-corrected chi connectivity index (χ2v) is 9.00. The zero-order valence-corrected chi connectivity index (χ0v) is 17.2. The standard InChI is InChI=1S/C18H18BrClN4OS/c19-14-3-1-2-13(10-14)18-21-17(25-22-18)12-24-8-6-23(7-9-24)11-15-4-5-16(20)26-15/h1-5,10H,6-9,11-12H2. The summed E-state index contributed by atoms with van der Waals surface area (Å²) in [6, 6.07) is 12.0. The molecule has 1 fully saturated rings. The van der Waals surface area contributed by atoms with Gasteiger partial charge in [0.2, 0.25) is 11.7 Å². The van der Waals surface area contributed by atoms with Crippen LogP contribution in [0.25, 0.3) is 11.4 Å². The lowest BCUT2D eigenvalue weighted by molar-refractivity contribution is 0.113. The monoisotopic (exact) mass is 452 g/mol. The quantitative estimate of drug-likeness (QED) is 0.568. The maximum atomic E-state index is 6.01. The van der Waals surface area contributed by atoms with Gasteiger partial charge in [0.15, 0.2) is 0 Å². The van der Waals surface area contributed by atoms with Crippen LogP contribution in [-0.4, -0.2) is 46.1 Å². The number of thiophene rings is 1. The summed E-state index contributed by atoms with van der Waals surface area (Å²) >= 11 is 11.1. The molecule has 1 aliphatic heterocycles. The summed E-state index contributed by atoms with van der Waals surface area (Å²) in [6.07, 6.45) is 0. The topological polar surface area (TPSA) is 45.4 Å². The number of hydrogen-bond donors (Lipinski definition) is 0. The predicted molar refractivity (Wildman–Crippen MR) is 107 cm³/mol. The summed E-state index contributed by atoms with van der Waals surface area (Å²) in [5.74, 6) is 1.30. The van der Waals surface area contributed by atoms with Crippen molar-refractivity contribution in [2.45, 2.75) is 13.1 Å². The van der Waals surface area contributed by atoms with E-state index in [1.165, 1.54) is 4.88 Å². The highest BCUT2D eigenvalue weighted by Gasteiger charge is 2.20. The lowest BCUT2D eigenvalue weighted by atomic mass is 10.2. The average Bonchev–Trinajstić information content (AvgIpc) is 3.26. The van der Waals surface area contributed by atoms with Crippen molar-refractivity contribution in [1.82, 2.24) is 19.9 Å². The first-order valence-corrected chi connectivity index (χ1v) is 10.4. The van der Waals surface area contributed by atoms with Crippen LogP contribution in [0.5, 0.6) is 0 Å². The van der Waals surface area contributed by atoms with Crippen LogP contribution in [-0.2, 0) is 13.1 Å². The van der Waals surface area contributed by atoms with E-state index in [4.69, 9.17) is 16.1 Å². The maximum absolute atomic E-state index is 6.01. The molecule has 2 aromatic heterocycles. The fourth-order valence-corrected chi connectivity index (χ4v) is 4.55. The summed E-state index contributed by atoms with van der Waals surface area (Å²) in [5.41, 5.74) is 0.953. The van der Waals surface area contributed by atoms with Crippen molar-refractivity contribution in [3.05, 3.63) is 56.0 Å². The van der Waals surface area contributed by atoms with Crippen molar-refractivity contribution in [3.63, 3.8) is 0 Å². The number of benzene rings is 1. The first kappa shape index (κ1) is 18.1. The third-order valence-electron chi connectivity index (χ3n) is 4.38. The van der Waals surface area contributed by atoms with Gasteiger partial charge in [-0.2, -0.15) is 4.98 Å². The molecule has 3 heterocycles. The Kier molecular flexibility index (Phi) is 5.71. The molecule has 0 amide bonds. The van der Waals surface area contributed by atoms with Gasteiger partial charge in [-0.1, -0.05) is 44.8 Å². The molecule has 0 aliphatic carbocycles. The van der Waals surface area contributed by atoms with Crippen molar-refractivity contribution in [1.29, 1.82) is 0 Å². The molecular formula is C18H18BrClN4OS. The Morgan fingerprint density at radius 3 is 2.54 bits per heavy atom. The van der Waals surface area contributed by atoms with E-state index in [0.29, 0.717) is 18.3 Å². The lowest BCUT2D eigenvalue weighted by Gasteiger charge is -2.33. The second-order valence-electron chi connectivity index (χ2n) is 6.28. The van der Waals surface area contributed by atoms with Gasteiger partial charge in [-0.05, 0) is 24.3 Å². The van der Waals surface area contributed by atoms with E-state index < -0.39 is 0 Å². The molecule has 3 aromatic rings. The Hall–Kier alpha value is -1.25. The third-order valence-corrected chi connectivity index (χ3v) is 6.09. The molecule has 5 nitrogen and oxygen atoms in total. The molecule has 26 heavy (non-hydrogen) atoms. The van der Waals surface area contributed by atoms with Crippen LogP contribution in [0.1, 0.15) is 10.8 Å². The van der Waals surface area contributed by atoms with E-state index >= 15 is 0 Å². The summed E-state index contributed by atoms with van der Waals surface area (Å²) in [7, 11) is 0. The zero-order chi connectivity index (χ0) is 17.9. The normalized spacial score (nSPS) is 16.2. The van der Waals surface area contributed by atoms with Crippen molar-refractivity contribution >= 4 is 38.9 Å². The molecule has 0 spiro atoms. The van der Waals surface area contributed by atoms with Gasteiger partial charge < -0.3 is 4.52 Å². The van der Waals surface area contributed by atoms with E-state index in [-0.39, 0.29) is 0 Å². The fourth-order valence-electron chi connectivity index (χ4n) is 3.02. The molecule has 1 aliphatic rings. The van der Waals surface area contributed by atoms with Crippen LogP contribution >= 0.6 is 38.9 Å². The maximum Gasteiger partial charge on any atom is 0.241 e. The van der Waals surface area contributed by atoms with Crippen molar-refractivity contribution in [3.8, 4) is 11.4 Å². The second kappa shape index (κ2) is 8.19. The van der Waals surface area contributed by atoms with E-state index in [9.17, 15) is 0 Å². The summed E-state index contributed by atoms with van der Waals surface area (Å²) in [4.78, 5) is 10.7. The highest BCUT2D eigenvalue weighted by Crippen LogP contribution is 2.24. The van der Waals surface area contributed by atoms with E-state index in [1.54, 1.807) is 11.3 Å². The van der Waals surface area contributed by atoms with Gasteiger partial charge in [-0.15, -0.1) is 11.3 Å². The van der Waals surface area contributed by atoms with Crippen LogP contribution in [0.2, 0.25) is 4.34 Å². The van der Waals surface area contributed by atoms with Gasteiger partial charge in [-0.25, -0.2) is 0 Å². The number of halogens is 2. The summed E-state index contributed by atoms with van der Waals surface area (Å²) in [5, 5.41) is 4.11. The Morgan fingerprint density at radius 1 is 1.08 bits per heavy atom. The van der Waals surface area contributed by atoms with Gasteiger partial charge in [0, 0.05) is 47.6 Å². The predicted octanol–water partition coefficient (Wildman–Crippen LogP) is 4.53. The van der Waals surface area contributed by atoms with Crippen LogP contribution < -0.4 is 0 Å². The molecule has 0 unspecified atom stereocenters. The minimum absolute atomic E-state index is 0.634. The largest absolute Gasteiger partial charge is 0.338 e. The number of nitrogens with zero attached hydrogens (tertiary/aromatic N) is 4. The molecule has 0 saturated carbocycles. The van der Waals surface area contributed by atoms with Gasteiger partial charge in [0.1, 0.15) is 0 Å². The van der Waals surface area contributed by atoms with Gasteiger partial charge in [-0.3, -0.25) is 9.80 Å². The minimum atomic E-state index is 0.634. The molecule has 0 radical (unpaired) electrons. The summed E-state index contributed by atoms with van der Waals surface area (Å²) in [6.45, 7) is 5.71. The van der Waals surface area contributed by atoms with E-state index in [1.807, 2.05) is 30.3 Å². The molecule has 1 aromatic carbocycles. The van der Waals surface area contributed by atoms with Crippen LogP contribution in [0, 0.1) is 0 Å². The number of piperazine rings is 1. The first-order valence-electron chi connectivity index (χ1n) is 8.43. The van der Waals surface area contributed by atoms with Crippen LogP contribution in [0.15, 0.2) is 45.4 Å². The Labute approximate surface area is 169 Å². The molecule has 0 atom stereocenters. The van der Waals surface area contributed by atoms with Crippen molar-refractivity contribution < 1.29 is 4.52 Å². The SMILES string of the molecule is Clc1ccc(CN2CCN(Cc3nc(-c4cccc(Br)c4)no3)CC2)s1. The van der Waals surface area contributed by atoms with Gasteiger partial charge >= 0.3 is 0 Å². The van der Waals surface area contributed by atoms with Gasteiger partial charge in [0.05, 0.1) is 10.9 Å². The Bertz CT molecular complexity index is 875. The molecule has 4 rings (SSSR count). The van der Waals surface area contributed by atoms with Crippen LogP contribution in [0.3, 0.4) is 0 Å². The highest BCUT2D eigenvalue weighted by molar-refractivity contribution is 9.10. The number of aromatic nitrogens is 2. The smallest absolute Gasteiger partial charge is 0.241 e. The summed E-state index contributed by atoms with van der Waals surface area (Å²) < 4.78 is 7.30. The highest BCUT2D eigenvalue weighted by atomic mass is 79.9. The number of hydrogen-bond acceptors (Lipinski definition) is 6. The molecule has 8 heteroatoms. The molecular weight excluding hydrogens is 436 g/mol. The molecule has 136 valence electrons. The molecule has 0 N–H and O–H groups in total. The average molecular weight is 454 g/mol. The van der Waals surface area contributed by atoms with E-state index in [0.717, 1.165) is 47.1 Å². The Balaban J connectivity index is 1.30. The lowest BCUT2D eigenvalue weighted by Crippen LogP contribution is -2.45. The van der Waals surface area contributed by atoms with Crippen molar-refractivity contribution in [2.24, 2.45) is 0 Å². The third kappa shape index (κ3) is 4.53. The zero-order valence-electron chi connectivity index (χ0n) is 14.1. The molecule has 0 bridgehead atoms. The van der Waals surface area contributed by atoms with Crippen LogP contribution in [0.4, 0.5) is 0 Å². The minimum Gasteiger partial charge on any atom is -0.338 e. The fraction of sp³-hybridized carbons (Fsp3) is 0.333. The number of rotatable bonds is 5. The van der Waals surface area contributed by atoms with E-state index in [2.05, 4.69) is 41.9 Å². The van der Waals surface area contributed by atoms with Gasteiger partial charge in [0.25, 0.3) is 0 Å².